The first kappa shape index (κ1) is 26.7. The molecule has 1 unspecified atom stereocenters. The van der Waals surface area contributed by atoms with E-state index < -0.39 is 5.41 Å². The van der Waals surface area contributed by atoms with Gasteiger partial charge in [-0.2, -0.15) is 0 Å². The molecule has 3 aromatic carbocycles. The van der Waals surface area contributed by atoms with Crippen molar-refractivity contribution in [3.8, 4) is 22.6 Å². The Labute approximate surface area is 219 Å². The van der Waals surface area contributed by atoms with Gasteiger partial charge in [0.1, 0.15) is 23.9 Å². The lowest BCUT2D eigenvalue weighted by molar-refractivity contribution is -0.152. The molecule has 3 aromatic rings. The summed E-state index contributed by atoms with van der Waals surface area (Å²) in [7, 11) is 3.03. The molecule has 196 valence electrons. The number of carbonyl (C=O) groups is 1. The Kier molecular flexibility index (Phi) is 7.36. The van der Waals surface area contributed by atoms with Gasteiger partial charge in [0.15, 0.2) is 0 Å². The fourth-order valence-corrected chi connectivity index (χ4v) is 5.37. The van der Waals surface area contributed by atoms with Gasteiger partial charge < -0.3 is 14.2 Å². The molecule has 0 radical (unpaired) electrons. The van der Waals surface area contributed by atoms with Crippen LogP contribution in [0.2, 0.25) is 0 Å². The predicted molar refractivity (Wildman–Crippen MR) is 145 cm³/mol. The van der Waals surface area contributed by atoms with E-state index in [0.717, 1.165) is 40.8 Å². The van der Waals surface area contributed by atoms with Crippen molar-refractivity contribution in [1.82, 2.24) is 0 Å². The highest BCUT2D eigenvalue weighted by atomic mass is 19.1. The normalized spacial score (nSPS) is 15.3. The first-order valence-electron chi connectivity index (χ1n) is 12.8. The van der Waals surface area contributed by atoms with Crippen LogP contribution in [0.1, 0.15) is 69.2 Å². The van der Waals surface area contributed by atoms with Crippen molar-refractivity contribution in [1.29, 1.82) is 0 Å². The van der Waals surface area contributed by atoms with Gasteiger partial charge in [0, 0.05) is 11.5 Å². The summed E-state index contributed by atoms with van der Waals surface area (Å²) < 4.78 is 31.5. The van der Waals surface area contributed by atoms with E-state index in [9.17, 15) is 9.18 Å². The molecular formula is C32H37FO4. The molecule has 0 heterocycles. The van der Waals surface area contributed by atoms with Crippen molar-refractivity contribution in [2.45, 2.75) is 65.4 Å². The fourth-order valence-electron chi connectivity index (χ4n) is 5.37. The summed E-state index contributed by atoms with van der Waals surface area (Å²) in [6.07, 6.45) is 1.86. The average Bonchev–Trinajstić information content (AvgIpc) is 3.31. The van der Waals surface area contributed by atoms with E-state index in [0.29, 0.717) is 17.9 Å². The van der Waals surface area contributed by atoms with Crippen LogP contribution in [0.15, 0.2) is 54.6 Å². The number of ether oxygens (including phenoxy) is 3. The van der Waals surface area contributed by atoms with Crippen molar-refractivity contribution in [2.24, 2.45) is 5.41 Å². The van der Waals surface area contributed by atoms with Crippen LogP contribution in [0, 0.1) is 11.2 Å². The van der Waals surface area contributed by atoms with Crippen LogP contribution in [0.25, 0.3) is 11.1 Å². The molecule has 0 saturated carbocycles. The number of hydrogen-bond donors (Lipinski definition) is 0. The Hall–Kier alpha value is -3.34. The molecule has 0 aliphatic heterocycles. The first-order chi connectivity index (χ1) is 17.5. The maximum Gasteiger partial charge on any atom is 0.311 e. The molecule has 37 heavy (non-hydrogen) atoms. The van der Waals surface area contributed by atoms with Crippen LogP contribution in [0.3, 0.4) is 0 Å². The highest BCUT2D eigenvalue weighted by molar-refractivity contribution is 5.77. The van der Waals surface area contributed by atoms with Crippen molar-refractivity contribution in [3.05, 3.63) is 82.7 Å². The van der Waals surface area contributed by atoms with Crippen LogP contribution >= 0.6 is 0 Å². The highest BCUT2D eigenvalue weighted by Crippen LogP contribution is 2.47. The SMILES string of the molecule is COC(=O)C(C)(C)C1CCc2ccc(OCc3ccc(-c4cc(OC)ccc4F)c(C(C)(C)C)c3)cc21. The summed E-state index contributed by atoms with van der Waals surface area (Å²) in [6, 6.07) is 17.0. The third-order valence-electron chi connectivity index (χ3n) is 7.54. The van der Waals surface area contributed by atoms with Crippen LogP contribution in [0.5, 0.6) is 11.5 Å². The molecule has 1 aliphatic carbocycles. The smallest absolute Gasteiger partial charge is 0.311 e. The molecule has 0 spiro atoms. The Bertz CT molecular complexity index is 1300. The first-order valence-corrected chi connectivity index (χ1v) is 12.8. The number of fused-ring (bicyclic) bond motifs is 1. The average molecular weight is 505 g/mol. The molecule has 1 aliphatic rings. The van der Waals surface area contributed by atoms with Gasteiger partial charge in [-0.25, -0.2) is 4.39 Å². The van der Waals surface area contributed by atoms with Crippen LogP contribution in [-0.2, 0) is 28.0 Å². The lowest BCUT2D eigenvalue weighted by Gasteiger charge is -2.29. The Morgan fingerprint density at radius 2 is 1.65 bits per heavy atom. The topological polar surface area (TPSA) is 44.8 Å². The third-order valence-corrected chi connectivity index (χ3v) is 7.54. The molecule has 0 amide bonds. The van der Waals surface area contributed by atoms with E-state index in [1.807, 2.05) is 32.0 Å². The Morgan fingerprint density at radius 1 is 0.919 bits per heavy atom. The van der Waals surface area contributed by atoms with Gasteiger partial charge >= 0.3 is 5.97 Å². The molecule has 4 nitrogen and oxygen atoms in total. The van der Waals surface area contributed by atoms with Crippen molar-refractivity contribution in [3.63, 3.8) is 0 Å². The van der Waals surface area contributed by atoms with Gasteiger partial charge in [0.05, 0.1) is 19.6 Å². The van der Waals surface area contributed by atoms with Gasteiger partial charge in [-0.3, -0.25) is 4.79 Å². The maximum absolute atomic E-state index is 14.8. The number of aryl methyl sites for hydroxylation is 1. The summed E-state index contributed by atoms with van der Waals surface area (Å²) in [4.78, 5) is 12.4. The standard InChI is InChI=1S/C32H37FO4/c1-31(2,3)28-16-20(8-13-24(28)26-17-22(35-6)12-15-29(26)33)19-37-23-11-9-21-10-14-27(25(21)18-23)32(4,5)30(34)36-7/h8-9,11-13,15-18,27H,10,14,19H2,1-7H3. The highest BCUT2D eigenvalue weighted by Gasteiger charge is 2.42. The molecule has 0 N–H and O–H groups in total. The van der Waals surface area contributed by atoms with Gasteiger partial charge in [-0.1, -0.05) is 45.0 Å². The molecule has 0 aromatic heterocycles. The zero-order valence-electron chi connectivity index (χ0n) is 22.9. The zero-order chi connectivity index (χ0) is 27.0. The minimum atomic E-state index is -0.606. The molecule has 5 heteroatoms. The van der Waals surface area contributed by atoms with Gasteiger partial charge in [-0.05, 0) is 90.3 Å². The number of esters is 1. The minimum absolute atomic E-state index is 0.0861. The molecule has 0 bridgehead atoms. The summed E-state index contributed by atoms with van der Waals surface area (Å²) >= 11 is 0. The molecule has 1 atom stereocenters. The lowest BCUT2D eigenvalue weighted by Crippen LogP contribution is -2.31. The second kappa shape index (κ2) is 10.2. The molecule has 0 saturated heterocycles. The number of rotatable bonds is 7. The number of benzene rings is 3. The second-order valence-corrected chi connectivity index (χ2v) is 11.4. The molecule has 0 fully saturated rings. The summed E-state index contributed by atoms with van der Waals surface area (Å²) in [5.74, 6) is 1.00. The molecule has 4 rings (SSSR count). The largest absolute Gasteiger partial charge is 0.497 e. The summed E-state index contributed by atoms with van der Waals surface area (Å²) in [5.41, 5.74) is 5.01. The van der Waals surface area contributed by atoms with Crippen LogP contribution in [-0.4, -0.2) is 20.2 Å². The van der Waals surface area contributed by atoms with Gasteiger partial charge in [0.2, 0.25) is 0 Å². The maximum atomic E-state index is 14.8. The van der Waals surface area contributed by atoms with Crippen molar-refractivity contribution < 1.29 is 23.4 Å². The van der Waals surface area contributed by atoms with E-state index in [1.165, 1.54) is 18.7 Å². The van der Waals surface area contributed by atoms with Crippen molar-refractivity contribution >= 4 is 5.97 Å². The lowest BCUT2D eigenvalue weighted by atomic mass is 9.75. The number of carbonyl (C=O) groups excluding carboxylic acids is 1. The van der Waals surface area contributed by atoms with E-state index in [2.05, 4.69) is 39.0 Å². The molecular weight excluding hydrogens is 467 g/mol. The predicted octanol–water partition coefficient (Wildman–Crippen LogP) is 7.61. The second-order valence-electron chi connectivity index (χ2n) is 11.4. The van der Waals surface area contributed by atoms with E-state index >= 15 is 0 Å². The number of methoxy groups -OCH3 is 2. The third kappa shape index (κ3) is 5.36. The summed E-state index contributed by atoms with van der Waals surface area (Å²) in [6.45, 7) is 10.7. The Morgan fingerprint density at radius 3 is 2.32 bits per heavy atom. The fraction of sp³-hybridized carbons (Fsp3) is 0.406. The van der Waals surface area contributed by atoms with Crippen LogP contribution < -0.4 is 9.47 Å². The van der Waals surface area contributed by atoms with Crippen LogP contribution in [0.4, 0.5) is 4.39 Å². The zero-order valence-corrected chi connectivity index (χ0v) is 22.9. The number of hydrogen-bond acceptors (Lipinski definition) is 4. The van der Waals surface area contributed by atoms with Crippen molar-refractivity contribution in [2.75, 3.05) is 14.2 Å². The number of halogens is 1. The summed E-state index contributed by atoms with van der Waals surface area (Å²) in [5, 5.41) is 0. The quantitative estimate of drug-likeness (QED) is 0.311. The Balaban J connectivity index is 1.60. The minimum Gasteiger partial charge on any atom is -0.497 e. The monoisotopic (exact) mass is 504 g/mol. The van der Waals surface area contributed by atoms with E-state index in [-0.39, 0.29) is 23.1 Å². The van der Waals surface area contributed by atoms with Gasteiger partial charge in [-0.15, -0.1) is 0 Å². The van der Waals surface area contributed by atoms with Gasteiger partial charge in [0.25, 0.3) is 0 Å². The van der Waals surface area contributed by atoms with E-state index in [1.54, 1.807) is 19.2 Å². The van der Waals surface area contributed by atoms with E-state index in [4.69, 9.17) is 14.2 Å².